The van der Waals surface area contributed by atoms with Gasteiger partial charge in [0, 0.05) is 0 Å². The van der Waals surface area contributed by atoms with Crippen molar-refractivity contribution in [2.24, 2.45) is 0 Å². The molecule has 0 aliphatic rings. The van der Waals surface area contributed by atoms with E-state index in [0.29, 0.717) is 15.0 Å². The third kappa shape index (κ3) is 8.51. The second kappa shape index (κ2) is 10.0. The molecule has 1 atom stereocenters. The van der Waals surface area contributed by atoms with E-state index in [1.165, 1.54) is 4.46 Å². The van der Waals surface area contributed by atoms with Crippen molar-refractivity contribution in [3.05, 3.63) is 30.3 Å². The molecular weight excluding hydrogens is 367 g/mol. The first-order chi connectivity index (χ1) is 10.7. The van der Waals surface area contributed by atoms with E-state index < -0.39 is 8.32 Å². The van der Waals surface area contributed by atoms with Crippen molar-refractivity contribution in [3.63, 3.8) is 0 Å². The van der Waals surface area contributed by atoms with Crippen LogP contribution in [0.25, 0.3) is 0 Å². The molecule has 0 amide bonds. The number of rotatable bonds is 10. The van der Waals surface area contributed by atoms with Crippen molar-refractivity contribution in [1.82, 2.24) is 0 Å². The van der Waals surface area contributed by atoms with Crippen LogP contribution in [0.5, 0.6) is 0 Å². The fraction of sp³-hybridized carbons (Fsp3) is 0.684. The molecule has 4 heteroatoms. The van der Waals surface area contributed by atoms with Gasteiger partial charge >= 0.3 is 150 Å². The summed E-state index contributed by atoms with van der Waals surface area (Å²) >= 11 is 0.494. The van der Waals surface area contributed by atoms with E-state index in [1.54, 1.807) is 0 Å². The van der Waals surface area contributed by atoms with Gasteiger partial charge in [-0.3, -0.25) is 0 Å². The van der Waals surface area contributed by atoms with Gasteiger partial charge in [-0.2, -0.15) is 0 Å². The molecule has 1 unspecified atom stereocenters. The molecule has 0 aromatic heterocycles. The number of benzene rings is 1. The second-order valence-corrected chi connectivity index (χ2v) is 15.0. The van der Waals surface area contributed by atoms with E-state index in [0.717, 1.165) is 37.6 Å². The molecule has 1 aromatic rings. The third-order valence-corrected chi connectivity index (χ3v) is 11.4. The Hall–Kier alpha value is -0.124. The molecule has 1 N–H and O–H groups in total. The quantitative estimate of drug-likeness (QED) is 0.466. The Morgan fingerprint density at radius 2 is 1.74 bits per heavy atom. The van der Waals surface area contributed by atoms with Crippen LogP contribution >= 0.6 is 0 Å². The second-order valence-electron chi connectivity index (χ2n) is 7.71. The Balaban J connectivity index is 2.07. The van der Waals surface area contributed by atoms with Gasteiger partial charge in [-0.25, -0.2) is 0 Å². The van der Waals surface area contributed by atoms with Crippen molar-refractivity contribution in [2.45, 2.75) is 76.0 Å². The van der Waals surface area contributed by atoms with Crippen LogP contribution < -0.4 is 4.46 Å². The zero-order valence-electron chi connectivity index (χ0n) is 15.5. The first-order valence-electron chi connectivity index (χ1n) is 8.72. The predicted molar refractivity (Wildman–Crippen MR) is 104 cm³/mol. The number of hydrogen-bond acceptors (Lipinski definition) is 2. The van der Waals surface area contributed by atoms with E-state index in [1.807, 2.05) is 0 Å². The van der Waals surface area contributed by atoms with Gasteiger partial charge in [-0.05, 0) is 0 Å². The molecule has 2 nitrogen and oxygen atoms in total. The summed E-state index contributed by atoms with van der Waals surface area (Å²) in [6, 6.07) is 10.6. The molecule has 0 heterocycles. The standard InChI is InChI=1S/C19H34O2SeSi/c1-19(2,3)23(4,5)21-15-10-9-11-17(20)14-16-22-18-12-7-6-8-13-18/h6-8,12-13,17,20H,9-11,14-16H2,1-5H3. The van der Waals surface area contributed by atoms with E-state index in [-0.39, 0.29) is 11.1 Å². The van der Waals surface area contributed by atoms with E-state index in [9.17, 15) is 5.11 Å². The summed E-state index contributed by atoms with van der Waals surface area (Å²) in [5, 5.41) is 11.5. The minimum atomic E-state index is -1.60. The summed E-state index contributed by atoms with van der Waals surface area (Å²) in [6.45, 7) is 12.3. The number of hydrogen-bond donors (Lipinski definition) is 1. The zero-order chi connectivity index (χ0) is 17.3. The molecule has 0 aliphatic carbocycles. The van der Waals surface area contributed by atoms with Gasteiger partial charge in [0.15, 0.2) is 0 Å². The van der Waals surface area contributed by atoms with Gasteiger partial charge in [0.25, 0.3) is 0 Å². The maximum absolute atomic E-state index is 10.1. The van der Waals surface area contributed by atoms with Gasteiger partial charge in [0.05, 0.1) is 0 Å². The molecule has 1 rings (SSSR count). The monoisotopic (exact) mass is 402 g/mol. The zero-order valence-corrected chi connectivity index (χ0v) is 18.2. The van der Waals surface area contributed by atoms with E-state index in [4.69, 9.17) is 4.43 Å². The molecular formula is C19H34O2SeSi. The van der Waals surface area contributed by atoms with Gasteiger partial charge in [-0.15, -0.1) is 0 Å². The Morgan fingerprint density at radius 3 is 2.35 bits per heavy atom. The van der Waals surface area contributed by atoms with Gasteiger partial charge in [0.2, 0.25) is 0 Å². The number of unbranched alkanes of at least 4 members (excludes halogenated alkanes) is 1. The molecule has 0 radical (unpaired) electrons. The summed E-state index contributed by atoms with van der Waals surface area (Å²) in [6.07, 6.45) is 3.82. The molecule has 0 spiro atoms. The van der Waals surface area contributed by atoms with Crippen LogP contribution in [0.1, 0.15) is 46.5 Å². The summed E-state index contributed by atoms with van der Waals surface area (Å²) in [5.41, 5.74) is 0. The SMILES string of the molecule is CC(C)(C)[Si](C)(C)OCCCCC(O)CC[Se]c1ccccc1. The van der Waals surface area contributed by atoms with Crippen molar-refractivity contribution < 1.29 is 9.53 Å². The van der Waals surface area contributed by atoms with Gasteiger partial charge in [-0.1, -0.05) is 0 Å². The van der Waals surface area contributed by atoms with Crippen LogP contribution in [0.2, 0.25) is 23.5 Å². The maximum atomic E-state index is 10.1. The van der Waals surface area contributed by atoms with Crippen LogP contribution in [0.15, 0.2) is 30.3 Å². The van der Waals surface area contributed by atoms with Crippen molar-refractivity contribution in [3.8, 4) is 0 Å². The van der Waals surface area contributed by atoms with Crippen LogP contribution in [0.3, 0.4) is 0 Å². The summed E-state index contributed by atoms with van der Waals surface area (Å²) in [7, 11) is -1.60. The number of aliphatic hydroxyl groups is 1. The van der Waals surface area contributed by atoms with Crippen LogP contribution in [0, 0.1) is 0 Å². The average molecular weight is 402 g/mol. The van der Waals surface area contributed by atoms with Crippen molar-refractivity contribution >= 4 is 27.7 Å². The summed E-state index contributed by atoms with van der Waals surface area (Å²) < 4.78 is 7.60. The predicted octanol–water partition coefficient (Wildman–Crippen LogP) is 4.38. The summed E-state index contributed by atoms with van der Waals surface area (Å²) in [5.74, 6) is 0. The molecule has 0 saturated carbocycles. The van der Waals surface area contributed by atoms with E-state index >= 15 is 0 Å². The van der Waals surface area contributed by atoms with Crippen LogP contribution in [-0.4, -0.2) is 41.1 Å². The summed E-state index contributed by atoms with van der Waals surface area (Å²) in [4.78, 5) is 0. The first kappa shape index (κ1) is 20.9. The normalized spacial score (nSPS) is 14.0. The van der Waals surface area contributed by atoms with Crippen LogP contribution in [-0.2, 0) is 4.43 Å². The fourth-order valence-corrected chi connectivity index (χ4v) is 5.13. The third-order valence-electron chi connectivity index (χ3n) is 4.66. The number of aliphatic hydroxyl groups excluding tert-OH is 1. The molecule has 132 valence electrons. The Bertz CT molecular complexity index is 429. The average Bonchev–Trinajstić information content (AvgIpc) is 2.46. The molecule has 0 aliphatic heterocycles. The Morgan fingerprint density at radius 1 is 1.09 bits per heavy atom. The van der Waals surface area contributed by atoms with Crippen LogP contribution in [0.4, 0.5) is 0 Å². The molecule has 0 saturated heterocycles. The fourth-order valence-electron chi connectivity index (χ4n) is 2.00. The van der Waals surface area contributed by atoms with Gasteiger partial charge < -0.3 is 0 Å². The van der Waals surface area contributed by atoms with Gasteiger partial charge in [0.1, 0.15) is 0 Å². The minimum absolute atomic E-state index is 0.145. The molecule has 23 heavy (non-hydrogen) atoms. The topological polar surface area (TPSA) is 29.5 Å². The van der Waals surface area contributed by atoms with Crippen molar-refractivity contribution in [2.75, 3.05) is 6.61 Å². The van der Waals surface area contributed by atoms with Crippen molar-refractivity contribution in [1.29, 1.82) is 0 Å². The molecule has 0 fully saturated rings. The molecule has 1 aromatic carbocycles. The Labute approximate surface area is 150 Å². The molecule has 0 bridgehead atoms. The first-order valence-corrected chi connectivity index (χ1v) is 13.7. The Kier molecular flexibility index (Phi) is 9.10. The van der Waals surface area contributed by atoms with E-state index in [2.05, 4.69) is 64.2 Å².